The van der Waals surface area contributed by atoms with Crippen LogP contribution in [0.1, 0.15) is 24.0 Å². The number of anilines is 1. The summed E-state index contributed by atoms with van der Waals surface area (Å²) in [5.74, 6) is -0.847. The number of hydrogen-bond donors (Lipinski definition) is 1. The monoisotopic (exact) mass is 566 g/mol. The van der Waals surface area contributed by atoms with Crippen molar-refractivity contribution in [3.63, 3.8) is 0 Å². The van der Waals surface area contributed by atoms with Gasteiger partial charge >= 0.3 is 0 Å². The summed E-state index contributed by atoms with van der Waals surface area (Å²) in [6, 6.07) is 10.7. The van der Waals surface area contributed by atoms with Crippen LogP contribution < -0.4 is 5.32 Å². The Labute approximate surface area is 195 Å². The second-order valence-corrected chi connectivity index (χ2v) is 11.1. The SMILES string of the molecule is Cc1cc(I)ccc1NC(=O)[C@H]1CCCN(S(=O)(=O)Cc2c(Cl)cccc2Cl)C1. The number of piperidine rings is 1. The van der Waals surface area contributed by atoms with E-state index in [1.165, 1.54) is 4.31 Å². The molecule has 29 heavy (non-hydrogen) atoms. The lowest BCUT2D eigenvalue weighted by Gasteiger charge is -2.31. The van der Waals surface area contributed by atoms with E-state index >= 15 is 0 Å². The maximum atomic E-state index is 13.0. The molecule has 1 amide bonds. The Balaban J connectivity index is 1.71. The van der Waals surface area contributed by atoms with Gasteiger partial charge in [0.1, 0.15) is 0 Å². The highest BCUT2D eigenvalue weighted by atomic mass is 127. The minimum atomic E-state index is -3.65. The molecule has 0 radical (unpaired) electrons. The van der Waals surface area contributed by atoms with Crippen molar-refractivity contribution in [3.8, 4) is 0 Å². The van der Waals surface area contributed by atoms with Gasteiger partial charge in [-0.05, 0) is 78.3 Å². The van der Waals surface area contributed by atoms with Crippen LogP contribution in [-0.2, 0) is 20.6 Å². The molecule has 1 heterocycles. The molecule has 3 rings (SSSR count). The zero-order valence-corrected chi connectivity index (χ0v) is 20.3. The lowest BCUT2D eigenvalue weighted by molar-refractivity contribution is -0.120. The summed E-state index contributed by atoms with van der Waals surface area (Å²) in [6.45, 7) is 2.47. The van der Waals surface area contributed by atoms with E-state index in [1.807, 2.05) is 25.1 Å². The van der Waals surface area contributed by atoms with E-state index in [4.69, 9.17) is 23.2 Å². The van der Waals surface area contributed by atoms with Crippen molar-refractivity contribution in [3.05, 3.63) is 61.1 Å². The fourth-order valence-corrected chi connectivity index (χ4v) is 6.36. The molecule has 156 valence electrons. The van der Waals surface area contributed by atoms with Crippen molar-refractivity contribution in [1.29, 1.82) is 0 Å². The Morgan fingerprint density at radius 1 is 1.24 bits per heavy atom. The first kappa shape index (κ1) is 22.8. The Morgan fingerprint density at radius 2 is 1.93 bits per heavy atom. The van der Waals surface area contributed by atoms with E-state index in [-0.39, 0.29) is 18.2 Å². The molecule has 1 saturated heterocycles. The quantitative estimate of drug-likeness (QED) is 0.513. The number of benzene rings is 2. The summed E-state index contributed by atoms with van der Waals surface area (Å²) in [6.07, 6.45) is 1.27. The molecule has 1 fully saturated rings. The fraction of sp³-hybridized carbons (Fsp3) is 0.350. The Morgan fingerprint density at radius 3 is 2.59 bits per heavy atom. The van der Waals surface area contributed by atoms with Gasteiger partial charge in [-0.1, -0.05) is 29.3 Å². The van der Waals surface area contributed by atoms with Crippen LogP contribution >= 0.6 is 45.8 Å². The molecule has 2 aromatic carbocycles. The first-order chi connectivity index (χ1) is 13.7. The number of sulfonamides is 1. The number of nitrogens with zero attached hydrogens (tertiary/aromatic N) is 1. The third-order valence-corrected chi connectivity index (χ3v) is 8.13. The molecular formula is C20H21Cl2IN2O3S. The van der Waals surface area contributed by atoms with E-state index in [2.05, 4.69) is 27.9 Å². The average Bonchev–Trinajstić information content (AvgIpc) is 2.67. The van der Waals surface area contributed by atoms with Gasteiger partial charge in [0.2, 0.25) is 15.9 Å². The van der Waals surface area contributed by atoms with Gasteiger partial charge in [-0.15, -0.1) is 0 Å². The van der Waals surface area contributed by atoms with Crippen LogP contribution in [0.2, 0.25) is 10.0 Å². The molecule has 0 unspecified atom stereocenters. The second kappa shape index (κ2) is 9.51. The molecule has 0 saturated carbocycles. The summed E-state index contributed by atoms with van der Waals surface area (Å²) < 4.78 is 28.4. The third kappa shape index (κ3) is 5.64. The molecule has 0 aromatic heterocycles. The summed E-state index contributed by atoms with van der Waals surface area (Å²) in [7, 11) is -3.65. The average molecular weight is 567 g/mol. The van der Waals surface area contributed by atoms with Gasteiger partial charge in [0.15, 0.2) is 0 Å². The highest BCUT2D eigenvalue weighted by Gasteiger charge is 2.33. The second-order valence-electron chi connectivity index (χ2n) is 7.10. The summed E-state index contributed by atoms with van der Waals surface area (Å²) in [4.78, 5) is 12.8. The number of carbonyl (C=O) groups excluding carboxylic acids is 1. The zero-order chi connectivity index (χ0) is 21.2. The highest BCUT2D eigenvalue weighted by molar-refractivity contribution is 14.1. The molecule has 0 spiro atoms. The van der Waals surface area contributed by atoms with Crippen LogP contribution in [0.3, 0.4) is 0 Å². The summed E-state index contributed by atoms with van der Waals surface area (Å²) >= 11 is 14.5. The fourth-order valence-electron chi connectivity index (χ4n) is 3.36. The van der Waals surface area contributed by atoms with Gasteiger partial charge < -0.3 is 5.32 Å². The normalized spacial score (nSPS) is 17.9. The van der Waals surface area contributed by atoms with Crippen LogP contribution in [0, 0.1) is 16.4 Å². The van der Waals surface area contributed by atoms with Gasteiger partial charge in [-0.3, -0.25) is 4.79 Å². The molecule has 1 aliphatic rings. The molecule has 2 aromatic rings. The van der Waals surface area contributed by atoms with Crippen LogP contribution in [0.25, 0.3) is 0 Å². The van der Waals surface area contributed by atoms with Crippen molar-refractivity contribution in [2.24, 2.45) is 5.92 Å². The standard InChI is InChI=1S/C20H21Cl2IN2O3S/c1-13-10-15(23)7-8-19(13)24-20(26)14-4-3-9-25(11-14)29(27,28)12-16-17(21)5-2-6-18(16)22/h2,5-8,10,14H,3-4,9,11-12H2,1H3,(H,24,26)/t14-/m0/s1. The zero-order valence-electron chi connectivity index (χ0n) is 15.8. The number of amides is 1. The molecule has 1 N–H and O–H groups in total. The lowest BCUT2D eigenvalue weighted by atomic mass is 9.98. The number of aryl methyl sites for hydroxylation is 1. The molecule has 5 nitrogen and oxygen atoms in total. The van der Waals surface area contributed by atoms with Gasteiger partial charge in [0.05, 0.1) is 11.7 Å². The van der Waals surface area contributed by atoms with E-state index in [0.29, 0.717) is 35.0 Å². The van der Waals surface area contributed by atoms with Crippen molar-refractivity contribution in [2.75, 3.05) is 18.4 Å². The summed E-state index contributed by atoms with van der Waals surface area (Å²) in [5, 5.41) is 3.58. The van der Waals surface area contributed by atoms with Gasteiger partial charge in [-0.25, -0.2) is 12.7 Å². The number of carbonyl (C=O) groups is 1. The van der Waals surface area contributed by atoms with Crippen molar-refractivity contribution >= 4 is 67.4 Å². The van der Waals surface area contributed by atoms with Crippen molar-refractivity contribution in [1.82, 2.24) is 4.31 Å². The number of nitrogens with one attached hydrogen (secondary N) is 1. The molecule has 0 aliphatic carbocycles. The Bertz CT molecular complexity index is 1010. The Kier molecular flexibility index (Phi) is 7.48. The van der Waals surface area contributed by atoms with Crippen LogP contribution in [0.5, 0.6) is 0 Å². The first-order valence-electron chi connectivity index (χ1n) is 9.15. The highest BCUT2D eigenvalue weighted by Crippen LogP contribution is 2.29. The van der Waals surface area contributed by atoms with Crippen molar-refractivity contribution < 1.29 is 13.2 Å². The van der Waals surface area contributed by atoms with E-state index in [1.54, 1.807) is 18.2 Å². The van der Waals surface area contributed by atoms with E-state index in [9.17, 15) is 13.2 Å². The van der Waals surface area contributed by atoms with E-state index in [0.717, 1.165) is 14.8 Å². The van der Waals surface area contributed by atoms with Crippen LogP contribution in [0.15, 0.2) is 36.4 Å². The lowest BCUT2D eigenvalue weighted by Crippen LogP contribution is -2.44. The molecule has 0 bridgehead atoms. The van der Waals surface area contributed by atoms with E-state index < -0.39 is 15.9 Å². The maximum absolute atomic E-state index is 13.0. The molecule has 1 atom stereocenters. The minimum absolute atomic E-state index is 0.152. The topological polar surface area (TPSA) is 66.5 Å². The van der Waals surface area contributed by atoms with Crippen molar-refractivity contribution in [2.45, 2.75) is 25.5 Å². The molecular weight excluding hydrogens is 546 g/mol. The molecule has 1 aliphatic heterocycles. The molecule has 9 heteroatoms. The largest absolute Gasteiger partial charge is 0.326 e. The third-order valence-electron chi connectivity index (χ3n) is 4.98. The number of rotatable bonds is 5. The first-order valence-corrected chi connectivity index (χ1v) is 12.6. The minimum Gasteiger partial charge on any atom is -0.326 e. The van der Waals surface area contributed by atoms with Crippen LogP contribution in [0.4, 0.5) is 5.69 Å². The van der Waals surface area contributed by atoms with Gasteiger partial charge in [0.25, 0.3) is 0 Å². The smallest absolute Gasteiger partial charge is 0.228 e. The predicted molar refractivity (Wildman–Crippen MR) is 126 cm³/mol. The van der Waals surface area contributed by atoms with Gasteiger partial charge in [-0.2, -0.15) is 0 Å². The van der Waals surface area contributed by atoms with Gasteiger partial charge in [0, 0.05) is 38.0 Å². The number of hydrogen-bond acceptors (Lipinski definition) is 3. The summed E-state index contributed by atoms with van der Waals surface area (Å²) in [5.41, 5.74) is 2.11. The maximum Gasteiger partial charge on any atom is 0.228 e. The Hall–Kier alpha value is -0.870. The predicted octanol–water partition coefficient (Wildman–Crippen LogP) is 5.09. The number of halogens is 3. The van der Waals surface area contributed by atoms with Crippen LogP contribution in [-0.4, -0.2) is 31.7 Å².